The highest BCUT2D eigenvalue weighted by Crippen LogP contribution is 2.42. The summed E-state index contributed by atoms with van der Waals surface area (Å²) in [6, 6.07) is 31.1. The van der Waals surface area contributed by atoms with Gasteiger partial charge in [-0.2, -0.15) is 0 Å². The maximum Gasteiger partial charge on any atom is 0.206 e. The fourth-order valence-electron chi connectivity index (χ4n) is 3.87. The van der Waals surface area contributed by atoms with E-state index in [0.29, 0.717) is 6.67 Å². The zero-order valence-electron chi connectivity index (χ0n) is 16.8. The summed E-state index contributed by atoms with van der Waals surface area (Å²) in [6.07, 6.45) is 0. The molecule has 2 N–H and O–H groups in total. The number of hydrogen-bond donors (Lipinski definition) is 2. The maximum atomic E-state index is 6.36. The van der Waals surface area contributed by atoms with Gasteiger partial charge in [-0.25, -0.2) is 4.99 Å². The first kappa shape index (κ1) is 18.3. The molecule has 0 unspecified atom stereocenters. The molecule has 4 aromatic rings. The predicted octanol–water partition coefficient (Wildman–Crippen LogP) is 6.09. The Morgan fingerprint density at radius 2 is 1.40 bits per heavy atom. The third kappa shape index (κ3) is 3.37. The summed E-state index contributed by atoms with van der Waals surface area (Å²) in [5.74, 6) is 2.46. The van der Waals surface area contributed by atoms with Crippen LogP contribution in [0.25, 0.3) is 22.5 Å². The van der Waals surface area contributed by atoms with Gasteiger partial charge >= 0.3 is 0 Å². The van der Waals surface area contributed by atoms with E-state index in [1.54, 1.807) is 0 Å². The minimum atomic E-state index is 0.120. The number of nitrogens with zero attached hydrogens (tertiary/aromatic N) is 1. The number of benzene rings is 3. The first-order chi connectivity index (χ1) is 14.8. The molecule has 1 aliphatic rings. The number of rotatable bonds is 4. The molecule has 4 nitrogen and oxygen atoms in total. The van der Waals surface area contributed by atoms with Crippen molar-refractivity contribution in [2.75, 3.05) is 12.0 Å². The molecule has 1 aromatic heterocycles. The Bertz CT molecular complexity index is 1170. The minimum absolute atomic E-state index is 0.120. The number of fused-ring (bicyclic) bond motifs is 1. The zero-order chi connectivity index (χ0) is 20.3. The van der Waals surface area contributed by atoms with E-state index in [4.69, 9.17) is 9.41 Å². The normalized spacial score (nSPS) is 13.7. The fourth-order valence-corrected chi connectivity index (χ4v) is 3.87. The van der Waals surface area contributed by atoms with Crippen LogP contribution in [-0.4, -0.2) is 12.5 Å². The molecule has 3 aromatic carbocycles. The summed E-state index contributed by atoms with van der Waals surface area (Å²) in [7, 11) is 0. The summed E-state index contributed by atoms with van der Waals surface area (Å²) in [6.45, 7) is 2.63. The monoisotopic (exact) mass is 393 g/mol. The molecule has 0 spiro atoms. The van der Waals surface area contributed by atoms with Crippen LogP contribution in [0.1, 0.15) is 24.1 Å². The van der Waals surface area contributed by atoms with E-state index in [-0.39, 0.29) is 6.04 Å². The van der Waals surface area contributed by atoms with Crippen molar-refractivity contribution in [3.8, 4) is 22.5 Å². The zero-order valence-corrected chi connectivity index (χ0v) is 16.8. The Morgan fingerprint density at radius 1 is 0.800 bits per heavy atom. The summed E-state index contributed by atoms with van der Waals surface area (Å²) < 4.78 is 6.36. The van der Waals surface area contributed by atoms with E-state index >= 15 is 0 Å². The Labute approximate surface area is 176 Å². The SMILES string of the molecule is C[C@H](NC1=NCNc2oc(-c3ccccc3)c(-c3ccccc3)c21)c1ccccc1. The number of hydrogen-bond acceptors (Lipinski definition) is 4. The van der Waals surface area contributed by atoms with E-state index in [0.717, 1.165) is 39.7 Å². The second kappa shape index (κ2) is 7.91. The Kier molecular flexibility index (Phi) is 4.81. The quantitative estimate of drug-likeness (QED) is 0.441. The van der Waals surface area contributed by atoms with Crippen LogP contribution in [0.3, 0.4) is 0 Å². The smallest absolute Gasteiger partial charge is 0.206 e. The molecule has 0 saturated carbocycles. The molecule has 0 amide bonds. The van der Waals surface area contributed by atoms with E-state index in [9.17, 15) is 0 Å². The number of anilines is 1. The average molecular weight is 393 g/mol. The van der Waals surface area contributed by atoms with Crippen molar-refractivity contribution in [3.05, 3.63) is 102 Å². The topological polar surface area (TPSA) is 49.6 Å². The number of nitrogens with one attached hydrogen (secondary N) is 2. The lowest BCUT2D eigenvalue weighted by molar-refractivity contribution is 0.592. The number of aliphatic imine (C=N–C) groups is 1. The number of furan rings is 1. The van der Waals surface area contributed by atoms with Crippen LogP contribution in [0.4, 0.5) is 5.88 Å². The minimum Gasteiger partial charge on any atom is -0.439 e. The molecular weight excluding hydrogens is 370 g/mol. The van der Waals surface area contributed by atoms with Crippen molar-refractivity contribution in [2.45, 2.75) is 13.0 Å². The first-order valence-corrected chi connectivity index (χ1v) is 10.2. The average Bonchev–Trinajstić information content (AvgIpc) is 3.21. The van der Waals surface area contributed by atoms with Gasteiger partial charge in [-0.1, -0.05) is 91.0 Å². The highest BCUT2D eigenvalue weighted by Gasteiger charge is 2.29. The third-order valence-electron chi connectivity index (χ3n) is 5.37. The van der Waals surface area contributed by atoms with Gasteiger partial charge in [0.25, 0.3) is 0 Å². The lowest BCUT2D eigenvalue weighted by Crippen LogP contribution is -2.31. The molecule has 0 aliphatic carbocycles. The molecule has 4 heteroatoms. The van der Waals surface area contributed by atoms with E-state index in [1.165, 1.54) is 5.56 Å². The summed E-state index contributed by atoms with van der Waals surface area (Å²) >= 11 is 0. The highest BCUT2D eigenvalue weighted by atomic mass is 16.4. The van der Waals surface area contributed by atoms with Crippen molar-refractivity contribution in [1.29, 1.82) is 0 Å². The van der Waals surface area contributed by atoms with Gasteiger partial charge in [0.2, 0.25) is 5.88 Å². The van der Waals surface area contributed by atoms with Crippen molar-refractivity contribution in [2.24, 2.45) is 4.99 Å². The largest absolute Gasteiger partial charge is 0.439 e. The van der Waals surface area contributed by atoms with Crippen molar-refractivity contribution in [1.82, 2.24) is 5.32 Å². The lowest BCUT2D eigenvalue weighted by Gasteiger charge is -2.21. The second-order valence-electron chi connectivity index (χ2n) is 7.36. The first-order valence-electron chi connectivity index (χ1n) is 10.2. The van der Waals surface area contributed by atoms with Gasteiger partial charge in [-0.3, -0.25) is 0 Å². The molecule has 0 saturated heterocycles. The standard InChI is InChI=1S/C26H23N3O/c1-18(19-11-5-2-6-12-19)29-25-23-22(20-13-7-3-8-14-20)24(21-15-9-4-10-16-21)30-26(23)28-17-27-25/h2-16,18,28H,17H2,1H3,(H,27,29)/t18-/m0/s1. The highest BCUT2D eigenvalue weighted by molar-refractivity contribution is 6.12. The van der Waals surface area contributed by atoms with Gasteiger partial charge in [0.1, 0.15) is 18.3 Å². The van der Waals surface area contributed by atoms with Gasteiger partial charge in [0.05, 0.1) is 5.56 Å². The Balaban J connectivity index is 1.63. The Morgan fingerprint density at radius 3 is 2.07 bits per heavy atom. The molecule has 30 heavy (non-hydrogen) atoms. The molecule has 1 atom stereocenters. The van der Waals surface area contributed by atoms with Gasteiger partial charge in [-0.15, -0.1) is 0 Å². The van der Waals surface area contributed by atoms with Gasteiger partial charge in [-0.05, 0) is 18.1 Å². The van der Waals surface area contributed by atoms with Crippen LogP contribution < -0.4 is 10.6 Å². The van der Waals surface area contributed by atoms with Crippen LogP contribution in [0.15, 0.2) is 100 Å². The van der Waals surface area contributed by atoms with Crippen LogP contribution >= 0.6 is 0 Å². The van der Waals surface area contributed by atoms with Crippen molar-refractivity contribution < 1.29 is 4.42 Å². The third-order valence-corrected chi connectivity index (χ3v) is 5.37. The molecule has 0 radical (unpaired) electrons. The van der Waals surface area contributed by atoms with Crippen LogP contribution in [0.2, 0.25) is 0 Å². The van der Waals surface area contributed by atoms with E-state index < -0.39 is 0 Å². The van der Waals surface area contributed by atoms with E-state index in [1.807, 2.05) is 30.3 Å². The molecular formula is C26H23N3O. The lowest BCUT2D eigenvalue weighted by atomic mass is 9.96. The molecule has 148 valence electrons. The summed E-state index contributed by atoms with van der Waals surface area (Å²) in [4.78, 5) is 4.76. The van der Waals surface area contributed by atoms with Crippen LogP contribution in [0, 0.1) is 0 Å². The summed E-state index contributed by atoms with van der Waals surface area (Å²) in [5, 5.41) is 6.93. The summed E-state index contributed by atoms with van der Waals surface area (Å²) in [5.41, 5.74) is 5.40. The molecule has 0 fully saturated rings. The fraction of sp³-hybridized carbons (Fsp3) is 0.115. The van der Waals surface area contributed by atoms with Gasteiger partial charge in [0, 0.05) is 17.2 Å². The molecule has 0 bridgehead atoms. The van der Waals surface area contributed by atoms with Crippen LogP contribution in [-0.2, 0) is 0 Å². The van der Waals surface area contributed by atoms with Crippen molar-refractivity contribution in [3.63, 3.8) is 0 Å². The predicted molar refractivity (Wildman–Crippen MR) is 123 cm³/mol. The number of amidine groups is 1. The molecule has 1 aliphatic heterocycles. The second-order valence-corrected chi connectivity index (χ2v) is 7.36. The molecule has 2 heterocycles. The molecule has 5 rings (SSSR count). The Hall–Kier alpha value is -3.79. The van der Waals surface area contributed by atoms with Gasteiger partial charge < -0.3 is 15.1 Å². The van der Waals surface area contributed by atoms with Crippen molar-refractivity contribution >= 4 is 11.7 Å². The maximum absolute atomic E-state index is 6.36. The van der Waals surface area contributed by atoms with E-state index in [2.05, 4.69) is 78.2 Å². The van der Waals surface area contributed by atoms with Gasteiger partial charge in [0.15, 0.2) is 0 Å². The van der Waals surface area contributed by atoms with Crippen LogP contribution in [0.5, 0.6) is 0 Å².